The van der Waals surface area contributed by atoms with Gasteiger partial charge in [-0.05, 0) is 56.2 Å². The third-order valence-corrected chi connectivity index (χ3v) is 6.66. The van der Waals surface area contributed by atoms with Gasteiger partial charge in [0.15, 0.2) is 5.58 Å². The number of nitriles is 1. The highest BCUT2D eigenvalue weighted by atomic mass is 16.4. The minimum Gasteiger partial charge on any atom is -0.464 e. The molecule has 4 aromatic rings. The largest absolute Gasteiger partial charge is 0.464 e. The molecular formula is C25H26N4O3. The van der Waals surface area contributed by atoms with Crippen molar-refractivity contribution in [1.82, 2.24) is 9.47 Å². The van der Waals surface area contributed by atoms with Gasteiger partial charge in [-0.15, -0.1) is 0 Å². The van der Waals surface area contributed by atoms with Crippen molar-refractivity contribution in [1.29, 1.82) is 5.26 Å². The summed E-state index contributed by atoms with van der Waals surface area (Å²) in [7, 11) is 1.74. The van der Waals surface area contributed by atoms with E-state index >= 15 is 0 Å². The zero-order chi connectivity index (χ0) is 22.4. The van der Waals surface area contributed by atoms with Gasteiger partial charge in [-0.25, -0.2) is 4.79 Å². The third kappa shape index (κ3) is 3.37. The number of fused-ring (bicyclic) bond motifs is 2. The number of nitrogens with zero attached hydrogens (tertiary/aromatic N) is 4. The Hall–Kier alpha value is -3.50. The van der Waals surface area contributed by atoms with E-state index in [9.17, 15) is 10.1 Å². The number of para-hydroxylation sites is 1. The molecule has 2 atom stereocenters. The van der Waals surface area contributed by atoms with Crippen LogP contribution in [0.3, 0.4) is 0 Å². The smallest absolute Gasteiger partial charge is 0.419 e. The maximum absolute atomic E-state index is 12.0. The predicted octanol–water partition coefficient (Wildman–Crippen LogP) is 3.89. The van der Waals surface area contributed by atoms with E-state index < -0.39 is 0 Å². The van der Waals surface area contributed by atoms with E-state index in [0.29, 0.717) is 23.2 Å². The van der Waals surface area contributed by atoms with Crippen LogP contribution in [0.5, 0.6) is 0 Å². The summed E-state index contributed by atoms with van der Waals surface area (Å²) in [5, 5.41) is 10.2. The SMILES string of the molecule is C[C@@H]1CN(c2cccc3c2oc(=O)n3C)C[C@H](C)N1CCc1coc2ccc(C#N)cc12. The van der Waals surface area contributed by atoms with Gasteiger partial charge in [-0.3, -0.25) is 9.47 Å². The quantitative estimate of drug-likeness (QED) is 0.489. The molecule has 0 saturated carbocycles. The van der Waals surface area contributed by atoms with Crippen molar-refractivity contribution in [3.63, 3.8) is 0 Å². The molecule has 0 N–H and O–H groups in total. The van der Waals surface area contributed by atoms with E-state index in [1.807, 2.05) is 36.6 Å². The number of hydrogen-bond donors (Lipinski definition) is 0. The average Bonchev–Trinajstić information content (AvgIpc) is 3.32. The van der Waals surface area contributed by atoms with Crippen LogP contribution in [0.4, 0.5) is 5.69 Å². The van der Waals surface area contributed by atoms with Gasteiger partial charge in [-0.2, -0.15) is 5.26 Å². The fourth-order valence-corrected chi connectivity index (χ4v) is 4.97. The number of hydrogen-bond acceptors (Lipinski definition) is 6. The van der Waals surface area contributed by atoms with E-state index in [2.05, 4.69) is 29.7 Å². The lowest BCUT2D eigenvalue weighted by molar-refractivity contribution is 0.133. The van der Waals surface area contributed by atoms with E-state index in [4.69, 9.17) is 8.83 Å². The summed E-state index contributed by atoms with van der Waals surface area (Å²) in [5.74, 6) is -0.334. The second-order valence-corrected chi connectivity index (χ2v) is 8.73. The summed E-state index contributed by atoms with van der Waals surface area (Å²) in [6.07, 6.45) is 2.68. The maximum Gasteiger partial charge on any atom is 0.419 e. The first-order chi connectivity index (χ1) is 15.5. The summed E-state index contributed by atoms with van der Waals surface area (Å²) in [5.41, 5.74) is 5.06. The van der Waals surface area contributed by atoms with Gasteiger partial charge in [0.05, 0.1) is 29.1 Å². The molecule has 2 aromatic carbocycles. The minimum absolute atomic E-state index is 0.331. The second-order valence-electron chi connectivity index (χ2n) is 8.73. The van der Waals surface area contributed by atoms with Crippen LogP contribution in [0.2, 0.25) is 0 Å². The molecule has 0 unspecified atom stereocenters. The first kappa shape index (κ1) is 20.4. The van der Waals surface area contributed by atoms with Crippen LogP contribution in [0.25, 0.3) is 22.1 Å². The molecule has 1 fully saturated rings. The highest BCUT2D eigenvalue weighted by Gasteiger charge is 2.31. The van der Waals surface area contributed by atoms with Crippen molar-refractivity contribution in [2.45, 2.75) is 32.4 Å². The lowest BCUT2D eigenvalue weighted by atomic mass is 10.0. The number of anilines is 1. The molecular weight excluding hydrogens is 404 g/mol. The Balaban J connectivity index is 1.34. The van der Waals surface area contributed by atoms with E-state index in [1.54, 1.807) is 17.7 Å². The van der Waals surface area contributed by atoms with E-state index in [0.717, 1.165) is 53.8 Å². The molecule has 1 aliphatic rings. The molecule has 164 valence electrons. The van der Waals surface area contributed by atoms with Crippen LogP contribution in [-0.4, -0.2) is 41.2 Å². The Morgan fingerprint density at radius 2 is 1.94 bits per heavy atom. The first-order valence-electron chi connectivity index (χ1n) is 11.0. The molecule has 0 aliphatic carbocycles. The second kappa shape index (κ2) is 7.88. The van der Waals surface area contributed by atoms with Crippen molar-refractivity contribution >= 4 is 27.8 Å². The Morgan fingerprint density at radius 1 is 1.16 bits per heavy atom. The highest BCUT2D eigenvalue weighted by molar-refractivity contribution is 5.87. The maximum atomic E-state index is 12.0. The van der Waals surface area contributed by atoms with Gasteiger partial charge in [-0.1, -0.05) is 6.07 Å². The van der Waals surface area contributed by atoms with Crippen LogP contribution in [0.1, 0.15) is 25.0 Å². The van der Waals surface area contributed by atoms with Gasteiger partial charge in [0.2, 0.25) is 0 Å². The normalized spacial score (nSPS) is 19.6. The van der Waals surface area contributed by atoms with Crippen molar-refractivity contribution < 1.29 is 8.83 Å². The summed E-state index contributed by atoms with van der Waals surface area (Å²) >= 11 is 0. The summed E-state index contributed by atoms with van der Waals surface area (Å²) in [6.45, 7) is 7.10. The number of aryl methyl sites for hydroxylation is 1. The van der Waals surface area contributed by atoms with Crippen molar-refractivity contribution in [3.8, 4) is 6.07 Å². The zero-order valence-corrected chi connectivity index (χ0v) is 18.5. The summed E-state index contributed by atoms with van der Waals surface area (Å²) < 4.78 is 12.8. The zero-order valence-electron chi connectivity index (χ0n) is 18.5. The number of rotatable bonds is 4. The Labute approximate surface area is 186 Å². The fourth-order valence-electron chi connectivity index (χ4n) is 4.97. The van der Waals surface area contributed by atoms with E-state index in [-0.39, 0.29) is 5.76 Å². The summed E-state index contributed by atoms with van der Waals surface area (Å²) in [6, 6.07) is 14.4. The Bertz CT molecular complexity index is 1380. The number of benzene rings is 2. The Kier molecular flexibility index (Phi) is 5.03. The van der Waals surface area contributed by atoms with Crippen molar-refractivity contribution in [2.24, 2.45) is 7.05 Å². The average molecular weight is 431 g/mol. The van der Waals surface area contributed by atoms with Gasteiger partial charge < -0.3 is 13.7 Å². The molecule has 1 aliphatic heterocycles. The lowest BCUT2D eigenvalue weighted by Gasteiger charge is -2.45. The van der Waals surface area contributed by atoms with Gasteiger partial charge in [0, 0.05) is 44.2 Å². The molecule has 1 saturated heterocycles. The van der Waals surface area contributed by atoms with Crippen LogP contribution < -0.4 is 10.7 Å². The minimum atomic E-state index is -0.334. The number of furan rings is 1. The monoisotopic (exact) mass is 430 g/mol. The molecule has 0 radical (unpaired) electrons. The van der Waals surface area contributed by atoms with E-state index in [1.165, 1.54) is 0 Å². The molecule has 0 amide bonds. The Morgan fingerprint density at radius 3 is 2.69 bits per heavy atom. The van der Waals surface area contributed by atoms with Crippen molar-refractivity contribution in [3.05, 3.63) is 64.3 Å². The summed E-state index contributed by atoms with van der Waals surface area (Å²) in [4.78, 5) is 16.9. The number of aromatic nitrogens is 1. The molecule has 2 aromatic heterocycles. The fraction of sp³-hybridized carbons (Fsp3) is 0.360. The van der Waals surface area contributed by atoms with Crippen LogP contribution in [0.15, 0.2) is 56.3 Å². The molecule has 0 spiro atoms. The van der Waals surface area contributed by atoms with Gasteiger partial charge in [0.1, 0.15) is 5.58 Å². The molecule has 3 heterocycles. The third-order valence-electron chi connectivity index (χ3n) is 6.66. The highest BCUT2D eigenvalue weighted by Crippen LogP contribution is 2.30. The van der Waals surface area contributed by atoms with Gasteiger partial charge in [0.25, 0.3) is 0 Å². The lowest BCUT2D eigenvalue weighted by Crippen LogP contribution is -2.57. The molecule has 0 bridgehead atoms. The molecule has 7 nitrogen and oxygen atoms in total. The van der Waals surface area contributed by atoms with Gasteiger partial charge >= 0.3 is 5.76 Å². The molecule has 32 heavy (non-hydrogen) atoms. The number of piperazine rings is 1. The van der Waals surface area contributed by atoms with Crippen LogP contribution in [-0.2, 0) is 13.5 Å². The molecule has 5 rings (SSSR count). The predicted molar refractivity (Wildman–Crippen MR) is 124 cm³/mol. The molecule has 7 heteroatoms. The number of oxazole rings is 1. The first-order valence-corrected chi connectivity index (χ1v) is 11.0. The van der Waals surface area contributed by atoms with Crippen LogP contribution in [0, 0.1) is 11.3 Å². The topological polar surface area (TPSA) is 78.6 Å². The standard InChI is InChI=1S/C25H26N4O3/c1-16-13-28(22-6-4-5-21-24(22)32-25(30)27(21)3)14-17(2)29(16)10-9-19-15-31-23-8-7-18(12-26)11-20(19)23/h4-8,11,15-17H,9-10,13-14H2,1-3H3/t16-,17+. The van der Waals surface area contributed by atoms with Crippen molar-refractivity contribution in [2.75, 3.05) is 24.5 Å². The van der Waals surface area contributed by atoms with Crippen LogP contribution >= 0.6 is 0 Å².